The molecule has 1 aromatic rings. The zero-order chi connectivity index (χ0) is 13.7. The predicted molar refractivity (Wildman–Crippen MR) is 73.1 cm³/mol. The van der Waals surface area contributed by atoms with Gasteiger partial charge in [0.25, 0.3) is 0 Å². The van der Waals surface area contributed by atoms with Gasteiger partial charge in [-0.15, -0.1) is 0 Å². The molecule has 0 bridgehead atoms. The van der Waals surface area contributed by atoms with E-state index >= 15 is 0 Å². The summed E-state index contributed by atoms with van der Waals surface area (Å²) in [5.74, 6) is -0.344. The van der Waals surface area contributed by atoms with Crippen LogP contribution in [0.2, 0.25) is 0 Å². The lowest BCUT2D eigenvalue weighted by Gasteiger charge is -2.26. The number of aryl methyl sites for hydroxylation is 1. The third-order valence-electron chi connectivity index (χ3n) is 3.25. The van der Waals surface area contributed by atoms with Gasteiger partial charge in [0.2, 0.25) is 0 Å². The molecule has 0 atom stereocenters. The van der Waals surface area contributed by atoms with E-state index in [1.165, 1.54) is 0 Å². The van der Waals surface area contributed by atoms with Crippen molar-refractivity contribution in [1.82, 2.24) is 4.90 Å². The Morgan fingerprint density at radius 1 is 1.42 bits per heavy atom. The average molecular weight is 264 g/mol. The first-order valence-corrected chi connectivity index (χ1v) is 6.51. The Kier molecular flexibility index (Phi) is 4.76. The Balaban J connectivity index is 1.84. The van der Waals surface area contributed by atoms with Crippen molar-refractivity contribution in [1.29, 1.82) is 0 Å². The molecule has 0 amide bonds. The van der Waals surface area contributed by atoms with E-state index in [4.69, 9.17) is 15.2 Å². The number of benzene rings is 1. The van der Waals surface area contributed by atoms with Crippen LogP contribution >= 0.6 is 0 Å². The highest BCUT2D eigenvalue weighted by molar-refractivity contribution is 5.96. The highest BCUT2D eigenvalue weighted by Crippen LogP contribution is 2.17. The maximum absolute atomic E-state index is 12.0. The molecule has 1 aromatic carbocycles. The molecule has 5 heteroatoms. The maximum Gasteiger partial charge on any atom is 0.340 e. The van der Waals surface area contributed by atoms with Crippen LogP contribution in [0.5, 0.6) is 0 Å². The predicted octanol–water partition coefficient (Wildman–Crippen LogP) is 1.07. The van der Waals surface area contributed by atoms with Gasteiger partial charge in [-0.05, 0) is 18.6 Å². The summed E-state index contributed by atoms with van der Waals surface area (Å²) in [5, 5.41) is 0. The van der Waals surface area contributed by atoms with E-state index < -0.39 is 0 Å². The van der Waals surface area contributed by atoms with Crippen LogP contribution in [0.3, 0.4) is 0 Å². The summed E-state index contributed by atoms with van der Waals surface area (Å²) >= 11 is 0. The number of nitrogens with zero attached hydrogens (tertiary/aromatic N) is 1. The van der Waals surface area contributed by atoms with Crippen LogP contribution < -0.4 is 5.73 Å². The van der Waals surface area contributed by atoms with E-state index in [1.807, 2.05) is 19.1 Å². The first-order chi connectivity index (χ1) is 9.18. The first-order valence-electron chi connectivity index (χ1n) is 6.51. The molecule has 0 aliphatic carbocycles. The number of anilines is 1. The zero-order valence-electron chi connectivity index (χ0n) is 11.2. The molecular formula is C14H20N2O3. The fraction of sp³-hybridized carbons (Fsp3) is 0.500. The van der Waals surface area contributed by atoms with E-state index in [0.717, 1.165) is 38.4 Å². The number of carbonyl (C=O) groups excluding carboxylic acids is 1. The third-order valence-corrected chi connectivity index (χ3v) is 3.25. The molecular weight excluding hydrogens is 244 g/mol. The molecule has 1 aliphatic rings. The molecule has 5 nitrogen and oxygen atoms in total. The van der Waals surface area contributed by atoms with Crippen LogP contribution in [0.15, 0.2) is 18.2 Å². The van der Waals surface area contributed by atoms with E-state index in [9.17, 15) is 4.79 Å². The topological polar surface area (TPSA) is 64.8 Å². The van der Waals surface area contributed by atoms with Gasteiger partial charge in [-0.2, -0.15) is 0 Å². The first kappa shape index (κ1) is 13.8. The third kappa shape index (κ3) is 3.68. The van der Waals surface area contributed by atoms with Crippen molar-refractivity contribution in [3.63, 3.8) is 0 Å². The Bertz CT molecular complexity index is 422. The van der Waals surface area contributed by atoms with Crippen molar-refractivity contribution < 1.29 is 14.3 Å². The van der Waals surface area contributed by atoms with Crippen LogP contribution in [-0.2, 0) is 9.47 Å². The molecule has 1 heterocycles. The highest BCUT2D eigenvalue weighted by Gasteiger charge is 2.15. The number of hydrogen-bond donors (Lipinski definition) is 1. The summed E-state index contributed by atoms with van der Waals surface area (Å²) in [5.41, 5.74) is 7.60. The SMILES string of the molecule is Cc1cccc(N)c1C(=O)OCCN1CCOCC1. The minimum Gasteiger partial charge on any atom is -0.461 e. The van der Waals surface area contributed by atoms with Crippen molar-refractivity contribution in [2.45, 2.75) is 6.92 Å². The molecule has 2 N–H and O–H groups in total. The normalized spacial score (nSPS) is 16.3. The Hall–Kier alpha value is -1.59. The van der Waals surface area contributed by atoms with Crippen LogP contribution in [-0.4, -0.2) is 50.3 Å². The lowest BCUT2D eigenvalue weighted by Crippen LogP contribution is -2.38. The lowest BCUT2D eigenvalue weighted by molar-refractivity contribution is 0.0196. The number of esters is 1. The van der Waals surface area contributed by atoms with Crippen molar-refractivity contribution in [3.8, 4) is 0 Å². The van der Waals surface area contributed by atoms with Crippen molar-refractivity contribution in [2.24, 2.45) is 0 Å². The van der Waals surface area contributed by atoms with E-state index in [2.05, 4.69) is 4.90 Å². The summed E-state index contributed by atoms with van der Waals surface area (Å²) in [6, 6.07) is 5.40. The highest BCUT2D eigenvalue weighted by atomic mass is 16.5. The van der Waals surface area contributed by atoms with Crippen molar-refractivity contribution in [2.75, 3.05) is 45.2 Å². The van der Waals surface area contributed by atoms with Crippen LogP contribution in [0.25, 0.3) is 0 Å². The fourth-order valence-electron chi connectivity index (χ4n) is 2.13. The van der Waals surface area contributed by atoms with Crippen molar-refractivity contribution in [3.05, 3.63) is 29.3 Å². The molecule has 1 saturated heterocycles. The van der Waals surface area contributed by atoms with Gasteiger partial charge >= 0.3 is 5.97 Å². The smallest absolute Gasteiger partial charge is 0.340 e. The minimum atomic E-state index is -0.344. The largest absolute Gasteiger partial charge is 0.461 e. The number of hydrogen-bond acceptors (Lipinski definition) is 5. The lowest BCUT2D eigenvalue weighted by atomic mass is 10.1. The zero-order valence-corrected chi connectivity index (χ0v) is 11.2. The molecule has 0 saturated carbocycles. The molecule has 0 aromatic heterocycles. The number of carbonyl (C=O) groups is 1. The Labute approximate surface area is 113 Å². The van der Waals surface area contributed by atoms with Gasteiger partial charge in [0, 0.05) is 25.3 Å². The molecule has 0 unspecified atom stereocenters. The van der Waals surface area contributed by atoms with E-state index in [0.29, 0.717) is 17.9 Å². The number of morpholine rings is 1. The number of nitrogens with two attached hydrogens (primary N) is 1. The van der Waals surface area contributed by atoms with Gasteiger partial charge in [-0.1, -0.05) is 12.1 Å². The van der Waals surface area contributed by atoms with Gasteiger partial charge in [0.15, 0.2) is 0 Å². The number of nitrogen functional groups attached to an aromatic ring is 1. The summed E-state index contributed by atoms with van der Waals surface area (Å²) in [6.07, 6.45) is 0. The van der Waals surface area contributed by atoms with Crippen LogP contribution in [0.4, 0.5) is 5.69 Å². The molecule has 1 aliphatic heterocycles. The maximum atomic E-state index is 12.0. The Morgan fingerprint density at radius 3 is 2.84 bits per heavy atom. The van der Waals surface area contributed by atoms with Gasteiger partial charge in [0.05, 0.1) is 18.8 Å². The second-order valence-electron chi connectivity index (χ2n) is 4.63. The summed E-state index contributed by atoms with van der Waals surface area (Å²) in [6.45, 7) is 6.26. The summed E-state index contributed by atoms with van der Waals surface area (Å²) < 4.78 is 10.6. The standard InChI is InChI=1S/C14H20N2O3/c1-11-3-2-4-12(15)13(11)14(17)19-10-7-16-5-8-18-9-6-16/h2-4H,5-10,15H2,1H3. The fourth-order valence-corrected chi connectivity index (χ4v) is 2.13. The summed E-state index contributed by atoms with van der Waals surface area (Å²) in [7, 11) is 0. The van der Waals surface area contributed by atoms with E-state index in [-0.39, 0.29) is 5.97 Å². The van der Waals surface area contributed by atoms with Gasteiger partial charge < -0.3 is 15.2 Å². The van der Waals surface area contributed by atoms with Crippen LogP contribution in [0, 0.1) is 6.92 Å². The number of rotatable bonds is 4. The molecule has 0 radical (unpaired) electrons. The Morgan fingerprint density at radius 2 is 2.16 bits per heavy atom. The molecule has 104 valence electrons. The summed E-state index contributed by atoms with van der Waals surface area (Å²) in [4.78, 5) is 14.2. The second-order valence-corrected chi connectivity index (χ2v) is 4.63. The monoisotopic (exact) mass is 264 g/mol. The second kappa shape index (κ2) is 6.54. The quantitative estimate of drug-likeness (QED) is 0.651. The molecule has 2 rings (SSSR count). The van der Waals surface area contributed by atoms with Gasteiger partial charge in [0.1, 0.15) is 6.61 Å². The molecule has 0 spiro atoms. The van der Waals surface area contributed by atoms with Crippen molar-refractivity contribution >= 4 is 11.7 Å². The molecule has 19 heavy (non-hydrogen) atoms. The number of ether oxygens (including phenoxy) is 2. The van der Waals surface area contributed by atoms with Gasteiger partial charge in [-0.25, -0.2) is 4.79 Å². The van der Waals surface area contributed by atoms with Gasteiger partial charge in [-0.3, -0.25) is 4.90 Å². The molecule has 1 fully saturated rings. The van der Waals surface area contributed by atoms with E-state index in [1.54, 1.807) is 6.07 Å². The average Bonchev–Trinajstić information content (AvgIpc) is 2.40. The minimum absolute atomic E-state index is 0.344. The van der Waals surface area contributed by atoms with Crippen LogP contribution in [0.1, 0.15) is 15.9 Å².